The Bertz CT molecular complexity index is 626. The number of ether oxygens (including phenoxy) is 1. The molecule has 0 spiro atoms. The van der Waals surface area contributed by atoms with Crippen LogP contribution in [0.15, 0.2) is 30.6 Å². The summed E-state index contributed by atoms with van der Waals surface area (Å²) in [4.78, 5) is 11.9. The highest BCUT2D eigenvalue weighted by molar-refractivity contribution is 5.74. The molecule has 0 aliphatic heterocycles. The number of hydrogen-bond donors (Lipinski definition) is 2. The van der Waals surface area contributed by atoms with E-state index in [4.69, 9.17) is 4.74 Å². The van der Waals surface area contributed by atoms with Crippen molar-refractivity contribution in [1.82, 2.24) is 25.4 Å². The van der Waals surface area contributed by atoms with E-state index in [9.17, 15) is 4.79 Å². The van der Waals surface area contributed by atoms with Crippen molar-refractivity contribution in [3.05, 3.63) is 42.0 Å². The standard InChI is InChI=1S/C15H21N5O2/c1-11(14-19-17-10-20(14)2)18-15(21)16-9-8-12-6-4-5-7-13(12)22-3/h4-7,10-11H,8-9H2,1-3H3,(H2,16,18,21). The second kappa shape index (κ2) is 7.44. The van der Waals surface area contributed by atoms with Gasteiger partial charge in [0.05, 0.1) is 13.2 Å². The van der Waals surface area contributed by atoms with E-state index in [-0.39, 0.29) is 12.1 Å². The van der Waals surface area contributed by atoms with E-state index in [0.717, 1.165) is 11.3 Å². The number of benzene rings is 1. The molecule has 1 aromatic heterocycles. The minimum atomic E-state index is -0.231. The maximum Gasteiger partial charge on any atom is 0.315 e. The van der Waals surface area contributed by atoms with Crippen LogP contribution in [0.3, 0.4) is 0 Å². The molecule has 0 saturated heterocycles. The first-order valence-corrected chi connectivity index (χ1v) is 7.12. The number of urea groups is 1. The Hall–Kier alpha value is -2.57. The van der Waals surface area contributed by atoms with Crippen LogP contribution in [-0.2, 0) is 13.5 Å². The van der Waals surface area contributed by atoms with Crippen molar-refractivity contribution >= 4 is 6.03 Å². The molecule has 0 aliphatic carbocycles. The topological polar surface area (TPSA) is 81.1 Å². The van der Waals surface area contributed by atoms with Crippen molar-refractivity contribution in [2.24, 2.45) is 7.05 Å². The van der Waals surface area contributed by atoms with Gasteiger partial charge in [-0.25, -0.2) is 4.79 Å². The number of methoxy groups -OCH3 is 1. The number of carbonyl (C=O) groups excluding carboxylic acids is 1. The molecule has 7 heteroatoms. The molecule has 118 valence electrons. The predicted molar refractivity (Wildman–Crippen MR) is 82.7 cm³/mol. The van der Waals surface area contributed by atoms with Crippen molar-refractivity contribution in [2.45, 2.75) is 19.4 Å². The van der Waals surface area contributed by atoms with Crippen LogP contribution in [0, 0.1) is 0 Å². The predicted octanol–water partition coefficient (Wildman–Crippen LogP) is 1.43. The number of rotatable bonds is 6. The molecule has 0 bridgehead atoms. The van der Waals surface area contributed by atoms with Gasteiger partial charge in [-0.3, -0.25) is 0 Å². The van der Waals surface area contributed by atoms with Gasteiger partial charge in [-0.15, -0.1) is 10.2 Å². The Balaban J connectivity index is 1.80. The summed E-state index contributed by atoms with van der Waals surface area (Å²) in [6.45, 7) is 2.39. The minimum Gasteiger partial charge on any atom is -0.496 e. The third-order valence-electron chi connectivity index (χ3n) is 3.35. The molecule has 1 aromatic carbocycles. The van der Waals surface area contributed by atoms with E-state index in [2.05, 4.69) is 20.8 Å². The quantitative estimate of drug-likeness (QED) is 0.846. The number of nitrogens with zero attached hydrogens (tertiary/aromatic N) is 3. The molecule has 22 heavy (non-hydrogen) atoms. The van der Waals surface area contributed by atoms with Gasteiger partial charge in [0.15, 0.2) is 5.82 Å². The number of nitrogens with one attached hydrogen (secondary N) is 2. The monoisotopic (exact) mass is 303 g/mol. The zero-order valence-electron chi connectivity index (χ0n) is 13.0. The fourth-order valence-electron chi connectivity index (χ4n) is 2.22. The Morgan fingerprint density at radius 2 is 2.18 bits per heavy atom. The Labute approximate surface area is 129 Å². The van der Waals surface area contributed by atoms with Crippen LogP contribution in [0.5, 0.6) is 5.75 Å². The summed E-state index contributed by atoms with van der Waals surface area (Å²) >= 11 is 0. The van der Waals surface area contributed by atoms with Crippen molar-refractivity contribution in [1.29, 1.82) is 0 Å². The van der Waals surface area contributed by atoms with E-state index >= 15 is 0 Å². The molecule has 2 aromatic rings. The first kappa shape index (κ1) is 15.8. The maximum atomic E-state index is 11.9. The molecular weight excluding hydrogens is 282 g/mol. The molecule has 0 radical (unpaired) electrons. The highest BCUT2D eigenvalue weighted by atomic mass is 16.5. The van der Waals surface area contributed by atoms with Gasteiger partial charge in [0.25, 0.3) is 0 Å². The normalized spacial score (nSPS) is 11.8. The number of para-hydroxylation sites is 1. The van der Waals surface area contributed by atoms with Crippen molar-refractivity contribution < 1.29 is 9.53 Å². The fraction of sp³-hybridized carbons (Fsp3) is 0.400. The average molecular weight is 303 g/mol. The lowest BCUT2D eigenvalue weighted by atomic mass is 10.1. The van der Waals surface area contributed by atoms with Crippen LogP contribution in [0.4, 0.5) is 4.79 Å². The first-order valence-electron chi connectivity index (χ1n) is 7.12. The van der Waals surface area contributed by atoms with Crippen LogP contribution in [0.1, 0.15) is 24.4 Å². The Morgan fingerprint density at radius 1 is 1.41 bits per heavy atom. The average Bonchev–Trinajstić information content (AvgIpc) is 2.94. The summed E-state index contributed by atoms with van der Waals surface area (Å²) in [6, 6.07) is 7.33. The van der Waals surface area contributed by atoms with E-state index in [1.54, 1.807) is 18.0 Å². The van der Waals surface area contributed by atoms with E-state index in [1.165, 1.54) is 0 Å². The molecule has 0 fully saturated rings. The molecule has 2 N–H and O–H groups in total. The summed E-state index contributed by atoms with van der Waals surface area (Å²) in [7, 11) is 3.48. The summed E-state index contributed by atoms with van der Waals surface area (Å²) in [5.74, 6) is 1.54. The summed E-state index contributed by atoms with van der Waals surface area (Å²) in [5, 5.41) is 13.4. The molecule has 1 heterocycles. The number of amides is 2. The highest BCUT2D eigenvalue weighted by Crippen LogP contribution is 2.17. The van der Waals surface area contributed by atoms with Crippen LogP contribution in [0.2, 0.25) is 0 Å². The van der Waals surface area contributed by atoms with Gasteiger partial charge in [0.2, 0.25) is 0 Å². The largest absolute Gasteiger partial charge is 0.496 e. The molecule has 1 unspecified atom stereocenters. The van der Waals surface area contributed by atoms with Gasteiger partial charge in [-0.05, 0) is 25.0 Å². The van der Waals surface area contributed by atoms with E-state index in [0.29, 0.717) is 18.8 Å². The Kier molecular flexibility index (Phi) is 5.35. The van der Waals surface area contributed by atoms with Crippen molar-refractivity contribution in [2.75, 3.05) is 13.7 Å². The van der Waals surface area contributed by atoms with Crippen LogP contribution in [0.25, 0.3) is 0 Å². The first-order chi connectivity index (χ1) is 10.6. The summed E-state index contributed by atoms with van der Waals surface area (Å²) < 4.78 is 7.06. The minimum absolute atomic E-state index is 0.209. The van der Waals surface area contributed by atoms with Gasteiger partial charge < -0.3 is 19.9 Å². The number of aryl methyl sites for hydroxylation is 1. The van der Waals surface area contributed by atoms with Gasteiger partial charge in [0.1, 0.15) is 12.1 Å². The Morgan fingerprint density at radius 3 is 2.86 bits per heavy atom. The zero-order chi connectivity index (χ0) is 15.9. The van der Waals surface area contributed by atoms with Crippen LogP contribution < -0.4 is 15.4 Å². The van der Waals surface area contributed by atoms with Gasteiger partial charge in [-0.2, -0.15) is 0 Å². The maximum absolute atomic E-state index is 11.9. The zero-order valence-corrected chi connectivity index (χ0v) is 13.0. The lowest BCUT2D eigenvalue weighted by Crippen LogP contribution is -2.38. The van der Waals surface area contributed by atoms with Gasteiger partial charge in [0, 0.05) is 13.6 Å². The van der Waals surface area contributed by atoms with Gasteiger partial charge in [-0.1, -0.05) is 18.2 Å². The smallest absolute Gasteiger partial charge is 0.315 e. The third kappa shape index (κ3) is 3.97. The fourth-order valence-corrected chi connectivity index (χ4v) is 2.22. The SMILES string of the molecule is COc1ccccc1CCNC(=O)NC(C)c1nncn1C. The van der Waals surface area contributed by atoms with Crippen LogP contribution in [-0.4, -0.2) is 34.5 Å². The summed E-state index contributed by atoms with van der Waals surface area (Å²) in [6.07, 6.45) is 2.31. The molecule has 0 aliphatic rings. The molecular formula is C15H21N5O2. The van der Waals surface area contributed by atoms with Gasteiger partial charge >= 0.3 is 6.03 Å². The number of hydrogen-bond acceptors (Lipinski definition) is 4. The highest BCUT2D eigenvalue weighted by Gasteiger charge is 2.13. The molecule has 7 nitrogen and oxygen atoms in total. The number of carbonyl (C=O) groups is 1. The number of aromatic nitrogens is 3. The molecule has 1 atom stereocenters. The van der Waals surface area contributed by atoms with E-state index < -0.39 is 0 Å². The van der Waals surface area contributed by atoms with Crippen molar-refractivity contribution in [3.8, 4) is 5.75 Å². The molecule has 0 saturated carbocycles. The van der Waals surface area contributed by atoms with Crippen molar-refractivity contribution in [3.63, 3.8) is 0 Å². The second-order valence-electron chi connectivity index (χ2n) is 4.98. The second-order valence-corrected chi connectivity index (χ2v) is 4.98. The lowest BCUT2D eigenvalue weighted by molar-refractivity contribution is 0.237. The third-order valence-corrected chi connectivity index (χ3v) is 3.35. The van der Waals surface area contributed by atoms with Crippen LogP contribution >= 0.6 is 0 Å². The lowest BCUT2D eigenvalue weighted by Gasteiger charge is -2.14. The molecule has 2 amide bonds. The molecule has 2 rings (SSSR count). The van der Waals surface area contributed by atoms with E-state index in [1.807, 2.05) is 38.2 Å². The summed E-state index contributed by atoms with van der Waals surface area (Å²) in [5.41, 5.74) is 1.06.